The number of fused-ring (bicyclic) bond motifs is 5. The molecule has 0 spiro atoms. The van der Waals surface area contributed by atoms with Crippen LogP contribution in [0.5, 0.6) is 5.88 Å². The van der Waals surface area contributed by atoms with E-state index in [-0.39, 0.29) is 69.9 Å². The molecule has 121 heavy (non-hydrogen) atoms. The smallest absolute Gasteiger partial charge is 0.469 e. The summed E-state index contributed by atoms with van der Waals surface area (Å²) in [6, 6.07) is 3.32. The number of rotatable bonds is 21. The number of imidazole rings is 3. The Morgan fingerprint density at radius 3 is 1.37 bits per heavy atom. The number of nitrogen functional groups attached to an aromatic ring is 1. The van der Waals surface area contributed by atoms with Gasteiger partial charge in [0.2, 0.25) is 11.8 Å². The number of phosphoric acid groups is 5. The Hall–Kier alpha value is -7.96. The predicted octanol–water partition coefficient (Wildman–Crippen LogP) is -7.19. The largest absolute Gasteiger partial charge is 0.479 e. The topological polar surface area (TPSA) is 845 Å². The molecule has 5 unspecified atom stereocenters. The monoisotopic (exact) mass is 1820 g/mol. The molecule has 0 bridgehead atoms. The molecule has 5 fully saturated rings. The number of pyridine rings is 1. The minimum Gasteiger partial charge on any atom is -0.479 e. The molecular weight excluding hydrogens is 1740 g/mol. The van der Waals surface area contributed by atoms with E-state index in [2.05, 4.69) is 72.5 Å². The lowest BCUT2D eigenvalue weighted by Crippen LogP contribution is -2.46. The molecule has 8 aromatic rings. The number of nitrogens with one attached hydrogen (secondary N) is 1. The van der Waals surface area contributed by atoms with Crippen LogP contribution in [0.3, 0.4) is 0 Å². The molecule has 666 valence electrons. The lowest BCUT2D eigenvalue weighted by molar-refractivity contribution is -0.121. The van der Waals surface area contributed by atoms with Crippen molar-refractivity contribution in [3.05, 3.63) is 92.9 Å². The first kappa shape index (κ1) is 93.7. The number of nitrogens with zero attached hydrogens (tertiary/aromatic N) is 15. The van der Waals surface area contributed by atoms with Gasteiger partial charge in [-0.2, -0.15) is 4.98 Å². The van der Waals surface area contributed by atoms with Gasteiger partial charge in [0.1, 0.15) is 120 Å². The van der Waals surface area contributed by atoms with Gasteiger partial charge in [0.15, 0.2) is 70.8 Å². The third-order valence-electron chi connectivity index (χ3n) is 18.9. The predicted molar refractivity (Wildman–Crippen MR) is 393 cm³/mol. The van der Waals surface area contributed by atoms with Gasteiger partial charge in [0, 0.05) is 43.2 Å². The number of phosphoric ester groups is 5. The van der Waals surface area contributed by atoms with Crippen molar-refractivity contribution in [3.63, 3.8) is 0 Å². The Morgan fingerprint density at radius 1 is 0.504 bits per heavy atom. The van der Waals surface area contributed by atoms with Crippen molar-refractivity contribution in [1.29, 1.82) is 0 Å². The van der Waals surface area contributed by atoms with Crippen molar-refractivity contribution in [2.24, 2.45) is 12.0 Å². The van der Waals surface area contributed by atoms with Gasteiger partial charge in [-0.1, -0.05) is 0 Å². The number of carbonyl (C=O) groups is 2. The number of aliphatic imine (C=N–C) groups is 1. The normalized spacial score (nSPS) is 28.6. The van der Waals surface area contributed by atoms with Crippen LogP contribution in [-0.4, -0.2) is 324 Å². The first-order chi connectivity index (χ1) is 56.4. The van der Waals surface area contributed by atoms with Crippen LogP contribution in [0.2, 0.25) is 0 Å². The average molecular weight is 1820 g/mol. The number of ketones is 1. The maximum atomic E-state index is 12.3. The molecule has 8 aromatic heterocycles. The lowest BCUT2D eigenvalue weighted by Gasteiger charge is -2.26. The van der Waals surface area contributed by atoms with E-state index in [1.807, 2.05) is 0 Å². The number of Topliss-reactive ketones (excluding diaryl/α,β-unsaturated/α-hetero) is 1. The van der Waals surface area contributed by atoms with Crippen molar-refractivity contribution < 1.29 is 183 Å². The van der Waals surface area contributed by atoms with Crippen LogP contribution >= 0.6 is 39.1 Å². The highest BCUT2D eigenvalue weighted by molar-refractivity contribution is 7.47. The highest BCUT2D eigenvalue weighted by Gasteiger charge is 2.53. The second-order valence-corrected chi connectivity index (χ2v) is 33.3. The Bertz CT molecular complexity index is 5530. The fraction of sp³-hybridized carbons (Fsp3) is 0.542. The number of aryl methyl sites for hydroxylation is 3. The summed E-state index contributed by atoms with van der Waals surface area (Å²) in [4.78, 5) is 176. The molecule has 7 aliphatic rings. The number of aromatic amines is 1. The second kappa shape index (κ2) is 37.1. The molecule has 0 saturated carbocycles. The number of hydrogen-bond acceptors (Lipinski definition) is 40. The minimum atomic E-state index is -4.80. The zero-order chi connectivity index (χ0) is 88.9. The van der Waals surface area contributed by atoms with E-state index in [9.17, 15) is 93.1 Å². The number of aliphatic hydroxyl groups is 10. The Balaban J connectivity index is 0.000000148. The summed E-state index contributed by atoms with van der Waals surface area (Å²) in [6.45, 7) is 1.69. The Morgan fingerprint density at radius 2 is 0.917 bits per heavy atom. The average Bonchev–Trinajstić information content (AvgIpc) is 1.62. The number of anilines is 2. The molecule has 20 atom stereocenters. The summed E-state index contributed by atoms with van der Waals surface area (Å²) >= 11 is 0. The van der Waals surface area contributed by atoms with E-state index < -0.39 is 206 Å². The molecule has 57 nitrogen and oxygen atoms in total. The third-order valence-corrected chi connectivity index (χ3v) is 21.3. The van der Waals surface area contributed by atoms with Gasteiger partial charge < -0.3 is 144 Å². The molecule has 23 N–H and O–H groups in total. The SMILES string of the molecule is COc1nc(C)nc2c1ncn2[C@@H]1OC(COP(=O)(O)O)[C@@H](O)[C@H]1O.Cc1nc2c(c(=O)[nH]1)CC(=O)N2[C@@H]1OC(COP(=O)(O)O)[C@@H](O)[C@H]1O.Cc1nc2c(ncn2[C@@H]2OC(COP(=O)(O)O)[C@@H](O)[C@H]2O)c(=O)n1C.Nc1ccnc2c1ccn2[C@@H]1OC(COP(=O)(O)O)[C@@H](O)[C@H]1O.O=C1CC=Nc2c1ncn2[C@@H]1OC(COP(=O)(O)O)[C@@H](O)[C@H]1O. The van der Waals surface area contributed by atoms with Gasteiger partial charge in [-0.3, -0.25) is 65.0 Å². The lowest BCUT2D eigenvalue weighted by atomic mass is 10.1. The van der Waals surface area contributed by atoms with Gasteiger partial charge in [0.25, 0.3) is 11.1 Å². The van der Waals surface area contributed by atoms with Crippen LogP contribution < -0.4 is 26.5 Å². The highest BCUT2D eigenvalue weighted by atomic mass is 31.2. The number of methoxy groups -OCH3 is 1. The summed E-state index contributed by atoms with van der Waals surface area (Å²) in [5.74, 6) is 0.713. The van der Waals surface area contributed by atoms with E-state index in [1.165, 1.54) is 68.3 Å². The molecule has 5 saturated heterocycles. The quantitative estimate of drug-likeness (QED) is 0.0297. The van der Waals surface area contributed by atoms with Crippen LogP contribution in [0.15, 0.2) is 58.1 Å². The first-order valence-corrected chi connectivity index (χ1v) is 42.6. The standard InChI is InChI=1S/2C12H17N4O8P.C12H16N3O9P.C12H16N3O7P.C11H14N3O8P/c1-5-14-10-7(11(15-5)22-2)13-4-16(10)12-9(18)8(17)6(24-12)3-23-25(19,20)21;1-5-14-10-7(11(19)15(5)2)13-4-16(10)12-9(18)8(17)6(24-12)3-23-25(20,21)22;1-4-13-10-5(11(19)14-4)2-7(16)15(10)12-9(18)8(17)6(24-12)3-23-25(20,21)22;13-7-1-3-14-11-6(7)2-4-15(11)12-10(17)9(16)8(22-12)5-21-23(18,19)20;15-5-1-2-12-10-7(5)13-4-14(10)11-9(17)8(16)6(22-11)3-21-23(18,19)20/h4,6,8-9,12,17-18H,3H2,1-2H3,(H2,19,20,21);4,6,8-9,12,17-18H,3H2,1-2H3,(H2,20,21,22);6,8-9,12,17-18H,2-3H2,1H3,(H,13,14,19)(H2,20,21,22);1-4,8-10,12,16-17H,5H2,(H2,13,14)(H2,18,19,20);2,4,6,8-9,11,16-17H,1,3H2,(H2,18,19,20)/t3*6?,8-,9-,12-;8?,9-,10-,12-;6?,8-,9-,11-/m11111/s1. The minimum absolute atomic E-state index is 0.0130. The zero-order valence-electron chi connectivity index (χ0n) is 62.7. The van der Waals surface area contributed by atoms with Crippen LogP contribution in [-0.2, 0) is 87.4 Å². The number of ether oxygens (including phenoxy) is 6. The highest BCUT2D eigenvalue weighted by Crippen LogP contribution is 2.45. The first-order valence-electron chi connectivity index (χ1n) is 34.9. The summed E-state index contributed by atoms with van der Waals surface area (Å²) < 4.78 is 114. The summed E-state index contributed by atoms with van der Waals surface area (Å²) in [5.41, 5.74) is 7.05. The number of aliphatic hydroxyl groups excluding tert-OH is 10. The molecule has 7 aliphatic heterocycles. The van der Waals surface area contributed by atoms with Crippen molar-refractivity contribution >= 4 is 108 Å². The Kier molecular flexibility index (Phi) is 28.7. The van der Waals surface area contributed by atoms with Crippen molar-refractivity contribution in [2.75, 3.05) is 50.8 Å². The van der Waals surface area contributed by atoms with Gasteiger partial charge >= 0.3 is 39.1 Å². The number of amides is 1. The maximum Gasteiger partial charge on any atom is 0.469 e. The van der Waals surface area contributed by atoms with Crippen molar-refractivity contribution in [2.45, 2.75) is 156 Å². The van der Waals surface area contributed by atoms with Gasteiger partial charge in [0.05, 0.1) is 71.1 Å². The number of hydrogen-bond donors (Lipinski definition) is 22. The molecule has 1 amide bonds. The molecule has 0 aromatic carbocycles. The molecule has 15 heterocycles. The molecule has 62 heteroatoms. The van der Waals surface area contributed by atoms with Gasteiger partial charge in [-0.05, 0) is 32.9 Å². The Labute approximate surface area is 674 Å². The summed E-state index contributed by atoms with van der Waals surface area (Å²) in [7, 11) is -20.7. The second-order valence-electron chi connectivity index (χ2n) is 27.1. The van der Waals surface area contributed by atoms with Crippen LogP contribution in [0, 0.1) is 20.8 Å². The van der Waals surface area contributed by atoms with Crippen LogP contribution in [0.1, 0.15) is 64.9 Å². The van der Waals surface area contributed by atoms with Crippen molar-refractivity contribution in [1.82, 2.24) is 67.7 Å². The number of carbonyl (C=O) groups excluding carboxylic acids is 2. The summed E-state index contributed by atoms with van der Waals surface area (Å²) in [5, 5.41) is 101. The fourth-order valence-corrected chi connectivity index (χ4v) is 14.7. The van der Waals surface area contributed by atoms with Crippen LogP contribution in [0.25, 0.3) is 33.4 Å². The number of aromatic nitrogens is 14. The van der Waals surface area contributed by atoms with E-state index >= 15 is 0 Å². The van der Waals surface area contributed by atoms with Gasteiger partial charge in [-0.15, -0.1) is 0 Å². The van der Waals surface area contributed by atoms with Gasteiger partial charge in [-0.25, -0.2) is 62.7 Å². The number of H-pyrrole nitrogens is 1. The molecular formula is C59H80N17O40P5. The maximum absolute atomic E-state index is 12.3. The third kappa shape index (κ3) is 21.4. The van der Waals surface area contributed by atoms with Crippen LogP contribution in [0.4, 0.5) is 17.3 Å². The van der Waals surface area contributed by atoms with E-state index in [1.54, 1.807) is 39.2 Å². The van der Waals surface area contributed by atoms with E-state index in [0.29, 0.717) is 39.5 Å². The molecule has 15 rings (SSSR count). The molecule has 0 aliphatic carbocycles. The van der Waals surface area contributed by atoms with E-state index in [0.717, 1.165) is 4.90 Å². The summed E-state index contributed by atoms with van der Waals surface area (Å²) in [6.07, 6.45) is -17.7. The fourth-order valence-electron chi connectivity index (χ4n) is 13.0. The zero-order valence-corrected chi connectivity index (χ0v) is 67.2. The van der Waals surface area contributed by atoms with Crippen molar-refractivity contribution in [3.8, 4) is 5.88 Å². The number of nitrogens with two attached hydrogens (primary N) is 1. The van der Waals surface area contributed by atoms with E-state index in [4.69, 9.17) is 83.1 Å². The molecule has 0 radical (unpaired) electrons.